The van der Waals surface area contributed by atoms with Crippen molar-refractivity contribution in [3.05, 3.63) is 64.1 Å². The quantitative estimate of drug-likeness (QED) is 0.423. The van der Waals surface area contributed by atoms with Crippen LogP contribution < -0.4 is 9.62 Å². The van der Waals surface area contributed by atoms with E-state index >= 15 is 0 Å². The molecule has 0 aliphatic heterocycles. The van der Waals surface area contributed by atoms with E-state index in [9.17, 15) is 18.0 Å². The molecule has 36 heavy (non-hydrogen) atoms. The van der Waals surface area contributed by atoms with Crippen LogP contribution in [0.15, 0.2) is 48.5 Å². The van der Waals surface area contributed by atoms with Crippen LogP contribution in [0, 0.1) is 0 Å². The van der Waals surface area contributed by atoms with E-state index in [1.165, 1.54) is 9.21 Å². The molecule has 0 heterocycles. The van der Waals surface area contributed by atoms with Crippen LogP contribution in [0.25, 0.3) is 0 Å². The molecular weight excluding hydrogens is 521 g/mol. The second kappa shape index (κ2) is 12.8. The summed E-state index contributed by atoms with van der Waals surface area (Å²) in [6.45, 7) is 2.00. The summed E-state index contributed by atoms with van der Waals surface area (Å²) in [5.41, 5.74) is 1.18. The van der Waals surface area contributed by atoms with E-state index in [4.69, 9.17) is 23.2 Å². The maximum atomic E-state index is 13.4. The summed E-state index contributed by atoms with van der Waals surface area (Å²) >= 11 is 12.4. The first kappa shape index (κ1) is 28.3. The van der Waals surface area contributed by atoms with Gasteiger partial charge in [-0.1, -0.05) is 60.3 Å². The molecule has 7 nitrogen and oxygen atoms in total. The van der Waals surface area contributed by atoms with E-state index in [1.54, 1.807) is 37.3 Å². The first-order valence-corrected chi connectivity index (χ1v) is 14.7. The third-order valence-electron chi connectivity index (χ3n) is 6.42. The normalized spacial score (nSPS) is 14.9. The van der Waals surface area contributed by atoms with Crippen LogP contribution in [0.1, 0.15) is 51.0 Å². The number of nitrogens with one attached hydrogen (secondary N) is 1. The summed E-state index contributed by atoms with van der Waals surface area (Å²) < 4.78 is 26.1. The van der Waals surface area contributed by atoms with Gasteiger partial charge in [-0.05, 0) is 56.0 Å². The van der Waals surface area contributed by atoms with Gasteiger partial charge in [0.15, 0.2) is 0 Å². The number of benzene rings is 2. The number of sulfonamides is 1. The molecule has 0 bridgehead atoms. The Bertz CT molecular complexity index is 1170. The standard InChI is InChI=1S/C26H33Cl2N3O4S/c1-19(26(33)29-22-11-4-5-12-22)30(18-20-9-3-6-14-24(20)28)25(32)15-8-16-31(36(2,34)35)23-13-7-10-21(27)17-23/h3,6-7,9-10,13-14,17,19,22H,4-5,8,11-12,15-16,18H2,1-2H3,(H,29,33)/t19-/m0/s1. The van der Waals surface area contributed by atoms with Crippen molar-refractivity contribution in [2.45, 2.75) is 64.1 Å². The lowest BCUT2D eigenvalue weighted by Gasteiger charge is -2.30. The molecule has 1 fully saturated rings. The number of anilines is 1. The SMILES string of the molecule is C[C@@H](C(=O)NC1CCCC1)N(Cc1ccccc1Cl)C(=O)CCCN(c1cccc(Cl)c1)S(C)(=O)=O. The van der Waals surface area contributed by atoms with Crippen LogP contribution in [0.4, 0.5) is 5.69 Å². The molecule has 196 valence electrons. The monoisotopic (exact) mass is 553 g/mol. The molecule has 1 saturated carbocycles. The molecule has 0 saturated heterocycles. The second-order valence-electron chi connectivity index (χ2n) is 9.20. The number of nitrogens with zero attached hydrogens (tertiary/aromatic N) is 2. The van der Waals surface area contributed by atoms with Crippen molar-refractivity contribution in [3.8, 4) is 0 Å². The summed E-state index contributed by atoms with van der Waals surface area (Å²) in [6, 6.07) is 13.2. The molecule has 1 aliphatic rings. The van der Waals surface area contributed by atoms with E-state index in [0.717, 1.165) is 37.5 Å². The van der Waals surface area contributed by atoms with Gasteiger partial charge in [0.05, 0.1) is 11.9 Å². The Morgan fingerprint density at radius 2 is 1.78 bits per heavy atom. The zero-order valence-electron chi connectivity index (χ0n) is 20.6. The molecule has 0 spiro atoms. The molecular formula is C26H33Cl2N3O4S. The van der Waals surface area contributed by atoms with E-state index in [0.29, 0.717) is 15.7 Å². The summed E-state index contributed by atoms with van der Waals surface area (Å²) in [7, 11) is -3.58. The van der Waals surface area contributed by atoms with Crippen LogP contribution in [0.5, 0.6) is 0 Å². The van der Waals surface area contributed by atoms with Crippen molar-refractivity contribution in [2.75, 3.05) is 17.1 Å². The van der Waals surface area contributed by atoms with Gasteiger partial charge in [-0.25, -0.2) is 8.42 Å². The van der Waals surface area contributed by atoms with Gasteiger partial charge in [0.2, 0.25) is 21.8 Å². The Morgan fingerprint density at radius 1 is 1.08 bits per heavy atom. The molecule has 0 aromatic heterocycles. The highest BCUT2D eigenvalue weighted by atomic mass is 35.5. The van der Waals surface area contributed by atoms with E-state index < -0.39 is 16.1 Å². The fraction of sp³-hybridized carbons (Fsp3) is 0.462. The Balaban J connectivity index is 1.72. The average molecular weight is 555 g/mol. The van der Waals surface area contributed by atoms with Crippen molar-refractivity contribution in [3.63, 3.8) is 0 Å². The molecule has 10 heteroatoms. The molecule has 0 radical (unpaired) electrons. The van der Waals surface area contributed by atoms with Crippen molar-refractivity contribution < 1.29 is 18.0 Å². The number of amides is 2. The highest BCUT2D eigenvalue weighted by Gasteiger charge is 2.29. The van der Waals surface area contributed by atoms with Crippen LogP contribution in [0.3, 0.4) is 0 Å². The smallest absolute Gasteiger partial charge is 0.242 e. The summed E-state index contributed by atoms with van der Waals surface area (Å²) in [6.07, 6.45) is 5.53. The van der Waals surface area contributed by atoms with Gasteiger partial charge in [0, 0.05) is 35.6 Å². The Labute approximate surface area is 223 Å². The molecule has 0 unspecified atom stereocenters. The number of carbonyl (C=O) groups is 2. The zero-order chi connectivity index (χ0) is 26.3. The fourth-order valence-electron chi connectivity index (χ4n) is 4.42. The van der Waals surface area contributed by atoms with Crippen LogP contribution >= 0.6 is 23.2 Å². The predicted molar refractivity (Wildman–Crippen MR) is 145 cm³/mol. The van der Waals surface area contributed by atoms with E-state index in [1.807, 2.05) is 18.2 Å². The maximum absolute atomic E-state index is 13.4. The van der Waals surface area contributed by atoms with Gasteiger partial charge in [-0.3, -0.25) is 13.9 Å². The molecule has 1 aliphatic carbocycles. The minimum absolute atomic E-state index is 0.0675. The maximum Gasteiger partial charge on any atom is 0.242 e. The van der Waals surface area contributed by atoms with Crippen LogP contribution in [-0.4, -0.2) is 50.0 Å². The first-order chi connectivity index (χ1) is 17.1. The molecule has 1 atom stereocenters. The largest absolute Gasteiger partial charge is 0.352 e. The molecule has 2 aromatic carbocycles. The second-order valence-corrected chi connectivity index (χ2v) is 11.9. The third kappa shape index (κ3) is 7.85. The summed E-state index contributed by atoms with van der Waals surface area (Å²) in [5, 5.41) is 4.01. The van der Waals surface area contributed by atoms with Crippen LogP contribution in [0.2, 0.25) is 10.0 Å². The van der Waals surface area contributed by atoms with E-state index in [2.05, 4.69) is 5.32 Å². The lowest BCUT2D eigenvalue weighted by atomic mass is 10.1. The van der Waals surface area contributed by atoms with Gasteiger partial charge in [0.25, 0.3) is 0 Å². The molecule has 2 aromatic rings. The molecule has 3 rings (SSSR count). The minimum Gasteiger partial charge on any atom is -0.352 e. The van der Waals surface area contributed by atoms with Crippen molar-refractivity contribution in [2.24, 2.45) is 0 Å². The number of hydrogen-bond acceptors (Lipinski definition) is 4. The first-order valence-electron chi connectivity index (χ1n) is 12.1. The van der Waals surface area contributed by atoms with Gasteiger partial charge >= 0.3 is 0 Å². The minimum atomic E-state index is -3.58. The highest BCUT2D eigenvalue weighted by molar-refractivity contribution is 7.92. The fourth-order valence-corrected chi connectivity index (χ4v) is 5.76. The summed E-state index contributed by atoms with van der Waals surface area (Å²) in [4.78, 5) is 27.9. The lowest BCUT2D eigenvalue weighted by molar-refractivity contribution is -0.140. The Hall–Kier alpha value is -2.29. The number of halogens is 2. The van der Waals surface area contributed by atoms with Gasteiger partial charge < -0.3 is 10.2 Å². The van der Waals surface area contributed by atoms with Crippen LogP contribution in [-0.2, 0) is 26.2 Å². The molecule has 2 amide bonds. The van der Waals surface area contributed by atoms with Gasteiger partial charge in [-0.2, -0.15) is 0 Å². The molecule has 1 N–H and O–H groups in total. The Kier molecular flexibility index (Phi) is 10.0. The number of carbonyl (C=O) groups excluding carboxylic acids is 2. The zero-order valence-corrected chi connectivity index (χ0v) is 23.0. The van der Waals surface area contributed by atoms with E-state index in [-0.39, 0.29) is 43.8 Å². The summed E-state index contributed by atoms with van der Waals surface area (Å²) in [5.74, 6) is -0.442. The third-order valence-corrected chi connectivity index (χ3v) is 8.21. The van der Waals surface area contributed by atoms with Gasteiger partial charge in [-0.15, -0.1) is 0 Å². The van der Waals surface area contributed by atoms with Crippen molar-refractivity contribution in [1.29, 1.82) is 0 Å². The predicted octanol–water partition coefficient (Wildman–Crippen LogP) is 5.02. The number of hydrogen-bond donors (Lipinski definition) is 1. The highest BCUT2D eigenvalue weighted by Crippen LogP contribution is 2.24. The number of rotatable bonds is 11. The van der Waals surface area contributed by atoms with Crippen molar-refractivity contribution >= 4 is 50.7 Å². The Morgan fingerprint density at radius 3 is 2.42 bits per heavy atom. The van der Waals surface area contributed by atoms with Crippen molar-refractivity contribution in [1.82, 2.24) is 10.2 Å². The topological polar surface area (TPSA) is 86.8 Å². The average Bonchev–Trinajstić information content (AvgIpc) is 3.33. The van der Waals surface area contributed by atoms with Gasteiger partial charge in [0.1, 0.15) is 6.04 Å². The lowest BCUT2D eigenvalue weighted by Crippen LogP contribution is -2.49.